The molecule has 5 heteroatoms. The molecule has 0 spiro atoms. The summed E-state index contributed by atoms with van der Waals surface area (Å²) in [6.45, 7) is 9.03. The van der Waals surface area contributed by atoms with Gasteiger partial charge >= 0.3 is 0 Å². The number of hydrogen-bond donors (Lipinski definition) is 2. The van der Waals surface area contributed by atoms with Crippen LogP contribution in [0.1, 0.15) is 58.9 Å². The van der Waals surface area contributed by atoms with Gasteiger partial charge in [0.25, 0.3) is 0 Å². The molecule has 1 fully saturated rings. The van der Waals surface area contributed by atoms with Crippen LogP contribution in [0.3, 0.4) is 0 Å². The van der Waals surface area contributed by atoms with Crippen molar-refractivity contribution in [3.8, 4) is 5.75 Å². The molecule has 0 aromatic heterocycles. The first-order chi connectivity index (χ1) is 12.3. The first-order valence-corrected chi connectivity index (χ1v) is 9.59. The number of carbonyl (C=O) groups is 2. The average Bonchev–Trinajstić information content (AvgIpc) is 3.12. The summed E-state index contributed by atoms with van der Waals surface area (Å²) in [7, 11) is 0. The zero-order valence-corrected chi connectivity index (χ0v) is 16.4. The maximum Gasteiger partial charge on any atom is 0.242 e. The van der Waals surface area contributed by atoms with Crippen LogP contribution in [0.15, 0.2) is 24.3 Å². The van der Waals surface area contributed by atoms with Crippen molar-refractivity contribution in [3.63, 3.8) is 0 Å². The van der Waals surface area contributed by atoms with Gasteiger partial charge in [0.05, 0.1) is 6.54 Å². The van der Waals surface area contributed by atoms with Gasteiger partial charge in [0.2, 0.25) is 11.8 Å². The van der Waals surface area contributed by atoms with E-state index in [1.807, 2.05) is 12.1 Å². The molecule has 0 unspecified atom stereocenters. The molecule has 1 aromatic rings. The van der Waals surface area contributed by atoms with Crippen molar-refractivity contribution in [1.82, 2.24) is 10.6 Å². The molecule has 0 bridgehead atoms. The Labute approximate surface area is 156 Å². The third-order valence-corrected chi connectivity index (χ3v) is 4.87. The lowest BCUT2D eigenvalue weighted by Crippen LogP contribution is -2.47. The van der Waals surface area contributed by atoms with Crippen LogP contribution in [-0.4, -0.2) is 31.0 Å². The van der Waals surface area contributed by atoms with Crippen LogP contribution >= 0.6 is 0 Å². The van der Waals surface area contributed by atoms with E-state index in [-0.39, 0.29) is 23.1 Å². The molecule has 2 amide bonds. The number of rotatable bonds is 7. The van der Waals surface area contributed by atoms with Crippen molar-refractivity contribution in [2.24, 2.45) is 5.92 Å². The minimum absolute atomic E-state index is 0.000313. The highest BCUT2D eigenvalue weighted by atomic mass is 16.5. The first-order valence-electron chi connectivity index (χ1n) is 9.59. The molecule has 1 aromatic carbocycles. The molecular weight excluding hydrogens is 328 g/mol. The number of hydrogen-bond acceptors (Lipinski definition) is 3. The van der Waals surface area contributed by atoms with Gasteiger partial charge in [0.15, 0.2) is 0 Å². The second-order valence-corrected chi connectivity index (χ2v) is 8.13. The van der Waals surface area contributed by atoms with Gasteiger partial charge in [-0.15, -0.1) is 0 Å². The Morgan fingerprint density at radius 2 is 1.77 bits per heavy atom. The van der Waals surface area contributed by atoms with Gasteiger partial charge in [-0.05, 0) is 42.9 Å². The van der Waals surface area contributed by atoms with Crippen LogP contribution in [0.2, 0.25) is 0 Å². The fourth-order valence-corrected chi connectivity index (χ4v) is 3.13. The van der Waals surface area contributed by atoms with E-state index >= 15 is 0 Å². The van der Waals surface area contributed by atoms with E-state index in [2.05, 4.69) is 43.5 Å². The van der Waals surface area contributed by atoms with Crippen molar-refractivity contribution in [1.29, 1.82) is 0 Å². The van der Waals surface area contributed by atoms with E-state index in [1.165, 1.54) is 5.56 Å². The van der Waals surface area contributed by atoms with Gasteiger partial charge in [-0.25, -0.2) is 0 Å². The number of carbonyl (C=O) groups excluding carboxylic acids is 2. The van der Waals surface area contributed by atoms with Crippen molar-refractivity contribution in [2.45, 2.75) is 64.8 Å². The zero-order valence-electron chi connectivity index (χ0n) is 16.4. The summed E-state index contributed by atoms with van der Waals surface area (Å²) in [6, 6.07) is 7.51. The normalized spacial score (nSPS) is 16.2. The van der Waals surface area contributed by atoms with Gasteiger partial charge < -0.3 is 15.4 Å². The molecule has 5 nitrogen and oxygen atoms in total. The highest BCUT2D eigenvalue weighted by Gasteiger charge is 2.25. The molecule has 0 heterocycles. The van der Waals surface area contributed by atoms with Crippen LogP contribution in [0.4, 0.5) is 0 Å². The molecule has 26 heavy (non-hydrogen) atoms. The molecule has 0 saturated heterocycles. The summed E-state index contributed by atoms with van der Waals surface area (Å²) in [5.41, 5.74) is 1.37. The van der Waals surface area contributed by atoms with Gasteiger partial charge in [-0.1, -0.05) is 45.7 Å². The molecule has 0 aliphatic heterocycles. The minimum atomic E-state index is -0.519. The van der Waals surface area contributed by atoms with E-state index in [0.717, 1.165) is 31.4 Å². The lowest BCUT2D eigenvalue weighted by molar-refractivity contribution is -0.130. The minimum Gasteiger partial charge on any atom is -0.492 e. The fourth-order valence-electron chi connectivity index (χ4n) is 3.13. The maximum absolute atomic E-state index is 12.1. The maximum atomic E-state index is 12.1. The predicted molar refractivity (Wildman–Crippen MR) is 103 cm³/mol. The first kappa shape index (κ1) is 20.3. The van der Waals surface area contributed by atoms with Crippen molar-refractivity contribution >= 4 is 11.8 Å². The van der Waals surface area contributed by atoms with Crippen LogP contribution in [0.25, 0.3) is 0 Å². The zero-order chi connectivity index (χ0) is 19.2. The Kier molecular flexibility index (Phi) is 7.06. The average molecular weight is 360 g/mol. The molecule has 1 aliphatic carbocycles. The smallest absolute Gasteiger partial charge is 0.242 e. The number of ether oxygens (including phenoxy) is 1. The number of nitrogens with one attached hydrogen (secondary N) is 2. The second kappa shape index (κ2) is 9.06. The van der Waals surface area contributed by atoms with E-state index < -0.39 is 6.04 Å². The lowest BCUT2D eigenvalue weighted by Gasteiger charge is -2.19. The molecule has 1 atom stereocenters. The number of amides is 2. The fraction of sp³-hybridized carbons (Fsp3) is 0.619. The van der Waals surface area contributed by atoms with E-state index in [9.17, 15) is 9.59 Å². The summed E-state index contributed by atoms with van der Waals surface area (Å²) in [5.74, 6) is 0.683. The van der Waals surface area contributed by atoms with Crippen molar-refractivity contribution < 1.29 is 14.3 Å². The predicted octanol–water partition coefficient (Wildman–Crippen LogP) is 3.17. The topological polar surface area (TPSA) is 67.4 Å². The van der Waals surface area contributed by atoms with Crippen molar-refractivity contribution in [3.05, 3.63) is 29.8 Å². The molecular formula is C21H32N2O3. The summed E-state index contributed by atoms with van der Waals surface area (Å²) in [4.78, 5) is 24.1. The van der Waals surface area contributed by atoms with Gasteiger partial charge in [0.1, 0.15) is 18.4 Å². The van der Waals surface area contributed by atoms with Crippen LogP contribution in [0, 0.1) is 5.92 Å². The van der Waals surface area contributed by atoms with Gasteiger partial charge in [0, 0.05) is 5.92 Å². The molecule has 2 N–H and O–H groups in total. The van der Waals surface area contributed by atoms with E-state index in [1.54, 1.807) is 6.92 Å². The number of benzene rings is 1. The Morgan fingerprint density at radius 1 is 1.15 bits per heavy atom. The van der Waals surface area contributed by atoms with Crippen LogP contribution in [0.5, 0.6) is 5.75 Å². The Hall–Kier alpha value is -2.04. The molecule has 144 valence electrons. The van der Waals surface area contributed by atoms with Crippen LogP contribution in [-0.2, 0) is 15.0 Å². The van der Waals surface area contributed by atoms with Crippen LogP contribution < -0.4 is 15.4 Å². The Bertz CT molecular complexity index is 599. The summed E-state index contributed by atoms with van der Waals surface area (Å²) in [6.07, 6.45) is 4.07. The third-order valence-electron chi connectivity index (χ3n) is 4.87. The molecule has 0 radical (unpaired) electrons. The molecule has 1 saturated carbocycles. The Balaban J connectivity index is 1.67. The van der Waals surface area contributed by atoms with E-state index in [4.69, 9.17) is 4.74 Å². The summed E-state index contributed by atoms with van der Waals surface area (Å²) in [5, 5.41) is 5.61. The molecule has 1 aliphatic rings. The van der Waals surface area contributed by atoms with Gasteiger partial charge in [-0.3, -0.25) is 9.59 Å². The SMILES string of the molecule is C[C@@H](NC(=O)C1CCCC1)C(=O)NCCOc1ccc(C(C)(C)C)cc1. The second-order valence-electron chi connectivity index (χ2n) is 8.13. The van der Waals surface area contributed by atoms with E-state index in [0.29, 0.717) is 13.2 Å². The van der Waals surface area contributed by atoms with Gasteiger partial charge in [-0.2, -0.15) is 0 Å². The van der Waals surface area contributed by atoms with Crippen molar-refractivity contribution in [2.75, 3.05) is 13.2 Å². The largest absolute Gasteiger partial charge is 0.492 e. The highest BCUT2D eigenvalue weighted by molar-refractivity contribution is 5.88. The third kappa shape index (κ3) is 6.04. The quantitative estimate of drug-likeness (QED) is 0.734. The highest BCUT2D eigenvalue weighted by Crippen LogP contribution is 2.25. The summed E-state index contributed by atoms with van der Waals surface area (Å²) < 4.78 is 5.66. The monoisotopic (exact) mass is 360 g/mol. The standard InChI is InChI=1S/C21H32N2O3/c1-15(23-20(25)16-7-5-6-8-16)19(24)22-13-14-26-18-11-9-17(10-12-18)21(2,3)4/h9-12,15-16H,5-8,13-14H2,1-4H3,(H,22,24)(H,23,25)/t15-/m1/s1. The lowest BCUT2D eigenvalue weighted by atomic mass is 9.87. The molecule has 2 rings (SSSR count). The Morgan fingerprint density at radius 3 is 2.35 bits per heavy atom. The summed E-state index contributed by atoms with van der Waals surface area (Å²) >= 11 is 0.